The molecular weight excluding hydrogens is 202 g/mol. The Labute approximate surface area is 87.5 Å². The van der Waals surface area contributed by atoms with Gasteiger partial charge < -0.3 is 10.8 Å². The summed E-state index contributed by atoms with van der Waals surface area (Å²) in [4.78, 5) is 10.7. The van der Waals surface area contributed by atoms with Crippen LogP contribution in [0.3, 0.4) is 0 Å². The quantitative estimate of drug-likeness (QED) is 0.807. The molecule has 3 N–H and O–H groups in total. The number of carboxylic acid groups (broad SMARTS) is 1. The normalized spacial score (nSPS) is 12.5. The Hall–Kier alpha value is -1.06. The highest BCUT2D eigenvalue weighted by molar-refractivity contribution is 6.31. The number of carboxylic acids is 1. The number of carbonyl (C=O) groups is 1. The van der Waals surface area contributed by atoms with Crippen molar-refractivity contribution >= 4 is 17.6 Å². The van der Waals surface area contributed by atoms with E-state index in [-0.39, 0.29) is 0 Å². The first kappa shape index (κ1) is 11.0. The summed E-state index contributed by atoms with van der Waals surface area (Å²) in [6, 6.07) is 4.24. The Morgan fingerprint density at radius 1 is 1.64 bits per heavy atom. The number of aryl methyl sites for hydroxylation is 1. The maximum absolute atomic E-state index is 10.7. The highest BCUT2D eigenvalue weighted by Crippen LogP contribution is 2.25. The van der Waals surface area contributed by atoms with E-state index in [2.05, 4.69) is 0 Å². The van der Waals surface area contributed by atoms with Crippen LogP contribution in [0.1, 0.15) is 24.1 Å². The first-order chi connectivity index (χ1) is 6.57. The van der Waals surface area contributed by atoms with Crippen LogP contribution in [-0.2, 0) is 11.2 Å². The van der Waals surface area contributed by atoms with Gasteiger partial charge in [0.2, 0.25) is 0 Å². The van der Waals surface area contributed by atoms with Crippen LogP contribution in [-0.4, -0.2) is 11.1 Å². The number of hydrogen-bond acceptors (Lipinski definition) is 2. The molecule has 1 rings (SSSR count). The van der Waals surface area contributed by atoms with Crippen molar-refractivity contribution in [3.63, 3.8) is 0 Å². The predicted octanol–water partition coefficient (Wildman–Crippen LogP) is 1.99. The molecule has 0 amide bonds. The smallest absolute Gasteiger partial charge is 0.325 e. The molecule has 0 heterocycles. The standard InChI is InChI=1S/C10H12ClNO2/c1-2-6-4-3-5-7(11)8(6)9(12)10(13)14/h3-5,9H,2,12H2,1H3,(H,13,14)/t9-/m0/s1. The number of halogens is 1. The Bertz CT molecular complexity index is 352. The lowest BCUT2D eigenvalue weighted by Crippen LogP contribution is -2.22. The van der Waals surface area contributed by atoms with E-state index < -0.39 is 12.0 Å². The molecule has 76 valence electrons. The van der Waals surface area contributed by atoms with E-state index in [0.717, 1.165) is 12.0 Å². The van der Waals surface area contributed by atoms with Gasteiger partial charge >= 0.3 is 5.97 Å². The van der Waals surface area contributed by atoms with Crippen LogP contribution in [0, 0.1) is 0 Å². The third-order valence-corrected chi connectivity index (χ3v) is 2.43. The van der Waals surface area contributed by atoms with Gasteiger partial charge in [0, 0.05) is 10.6 Å². The molecule has 0 radical (unpaired) electrons. The lowest BCUT2D eigenvalue weighted by Gasteiger charge is -2.13. The van der Waals surface area contributed by atoms with Crippen LogP contribution in [0.4, 0.5) is 0 Å². The summed E-state index contributed by atoms with van der Waals surface area (Å²) in [5.41, 5.74) is 6.93. The molecule has 0 aliphatic rings. The third kappa shape index (κ3) is 2.05. The van der Waals surface area contributed by atoms with Crippen LogP contribution in [0.5, 0.6) is 0 Å². The second kappa shape index (κ2) is 4.44. The number of benzene rings is 1. The summed E-state index contributed by atoms with van der Waals surface area (Å²) < 4.78 is 0. The molecule has 4 heteroatoms. The summed E-state index contributed by atoms with van der Waals surface area (Å²) >= 11 is 5.90. The van der Waals surface area contributed by atoms with Crippen molar-refractivity contribution in [1.29, 1.82) is 0 Å². The second-order valence-electron chi connectivity index (χ2n) is 2.98. The van der Waals surface area contributed by atoms with Crippen LogP contribution < -0.4 is 5.73 Å². The average molecular weight is 214 g/mol. The Morgan fingerprint density at radius 2 is 2.29 bits per heavy atom. The van der Waals surface area contributed by atoms with Gasteiger partial charge in [-0.25, -0.2) is 0 Å². The summed E-state index contributed by atoms with van der Waals surface area (Å²) in [6.07, 6.45) is 0.719. The van der Waals surface area contributed by atoms with Crippen molar-refractivity contribution in [2.45, 2.75) is 19.4 Å². The Kier molecular flexibility index (Phi) is 3.49. The highest BCUT2D eigenvalue weighted by Gasteiger charge is 2.19. The molecule has 0 aliphatic carbocycles. The fraction of sp³-hybridized carbons (Fsp3) is 0.300. The topological polar surface area (TPSA) is 63.3 Å². The maximum atomic E-state index is 10.7. The molecule has 0 aliphatic heterocycles. The fourth-order valence-electron chi connectivity index (χ4n) is 1.36. The van der Waals surface area contributed by atoms with Gasteiger partial charge in [-0.05, 0) is 18.1 Å². The molecule has 0 saturated carbocycles. The van der Waals surface area contributed by atoms with E-state index in [0.29, 0.717) is 10.6 Å². The zero-order valence-electron chi connectivity index (χ0n) is 7.83. The largest absolute Gasteiger partial charge is 0.480 e. The van der Waals surface area contributed by atoms with Crippen LogP contribution in [0.25, 0.3) is 0 Å². The summed E-state index contributed by atoms with van der Waals surface area (Å²) in [7, 11) is 0. The van der Waals surface area contributed by atoms with E-state index >= 15 is 0 Å². The van der Waals surface area contributed by atoms with Crippen LogP contribution in [0.2, 0.25) is 5.02 Å². The van der Waals surface area contributed by atoms with Gasteiger partial charge in [-0.3, -0.25) is 4.79 Å². The number of rotatable bonds is 3. The van der Waals surface area contributed by atoms with Gasteiger partial charge in [-0.1, -0.05) is 30.7 Å². The summed E-state index contributed by atoms with van der Waals surface area (Å²) in [5, 5.41) is 9.21. The van der Waals surface area contributed by atoms with Crippen molar-refractivity contribution in [1.82, 2.24) is 0 Å². The van der Waals surface area contributed by atoms with Gasteiger partial charge in [-0.2, -0.15) is 0 Å². The lowest BCUT2D eigenvalue weighted by molar-refractivity contribution is -0.138. The van der Waals surface area contributed by atoms with Crippen molar-refractivity contribution in [3.8, 4) is 0 Å². The van der Waals surface area contributed by atoms with Gasteiger partial charge in [0.15, 0.2) is 0 Å². The fourth-order valence-corrected chi connectivity index (χ4v) is 1.67. The minimum absolute atomic E-state index is 0.416. The SMILES string of the molecule is CCc1cccc(Cl)c1[C@H](N)C(=O)O. The maximum Gasteiger partial charge on any atom is 0.325 e. The minimum Gasteiger partial charge on any atom is -0.480 e. The molecule has 0 bridgehead atoms. The Balaban J connectivity index is 3.23. The molecule has 0 aromatic heterocycles. The molecule has 1 aromatic carbocycles. The first-order valence-corrected chi connectivity index (χ1v) is 4.71. The van der Waals surface area contributed by atoms with Crippen LogP contribution >= 0.6 is 11.6 Å². The molecule has 1 atom stereocenters. The van der Waals surface area contributed by atoms with Gasteiger partial charge in [0.1, 0.15) is 6.04 Å². The van der Waals surface area contributed by atoms with E-state index in [1.54, 1.807) is 12.1 Å². The monoisotopic (exact) mass is 213 g/mol. The van der Waals surface area contributed by atoms with E-state index in [1.165, 1.54) is 0 Å². The molecule has 0 fully saturated rings. The zero-order chi connectivity index (χ0) is 10.7. The van der Waals surface area contributed by atoms with E-state index in [9.17, 15) is 4.79 Å². The van der Waals surface area contributed by atoms with E-state index in [4.69, 9.17) is 22.4 Å². The van der Waals surface area contributed by atoms with Gasteiger partial charge in [0.25, 0.3) is 0 Å². The van der Waals surface area contributed by atoms with Gasteiger partial charge in [-0.15, -0.1) is 0 Å². The van der Waals surface area contributed by atoms with Crippen molar-refractivity contribution < 1.29 is 9.90 Å². The highest BCUT2D eigenvalue weighted by atomic mass is 35.5. The van der Waals surface area contributed by atoms with Crippen molar-refractivity contribution in [2.24, 2.45) is 5.73 Å². The van der Waals surface area contributed by atoms with Crippen molar-refractivity contribution in [2.75, 3.05) is 0 Å². The zero-order valence-corrected chi connectivity index (χ0v) is 8.58. The lowest BCUT2D eigenvalue weighted by atomic mass is 9.99. The van der Waals surface area contributed by atoms with Crippen molar-refractivity contribution in [3.05, 3.63) is 34.3 Å². The van der Waals surface area contributed by atoms with Crippen LogP contribution in [0.15, 0.2) is 18.2 Å². The minimum atomic E-state index is -1.06. The number of nitrogens with two attached hydrogens (primary N) is 1. The average Bonchev–Trinajstić information content (AvgIpc) is 2.16. The second-order valence-corrected chi connectivity index (χ2v) is 3.39. The van der Waals surface area contributed by atoms with E-state index in [1.807, 2.05) is 13.0 Å². The summed E-state index contributed by atoms with van der Waals surface area (Å²) in [5.74, 6) is -1.06. The molecule has 0 saturated heterocycles. The molecule has 1 aromatic rings. The third-order valence-electron chi connectivity index (χ3n) is 2.10. The molecule has 3 nitrogen and oxygen atoms in total. The summed E-state index contributed by atoms with van der Waals surface area (Å²) in [6.45, 7) is 1.93. The molecule has 0 unspecified atom stereocenters. The first-order valence-electron chi connectivity index (χ1n) is 4.33. The molecule has 0 spiro atoms. The molecule has 14 heavy (non-hydrogen) atoms. The van der Waals surface area contributed by atoms with Gasteiger partial charge in [0.05, 0.1) is 0 Å². The number of hydrogen-bond donors (Lipinski definition) is 2. The number of aliphatic carboxylic acids is 1. The predicted molar refractivity (Wildman–Crippen MR) is 55.4 cm³/mol. The Morgan fingerprint density at radius 3 is 2.79 bits per heavy atom. The molecular formula is C10H12ClNO2.